The minimum atomic E-state index is -0.791. The number of ether oxygens (including phenoxy) is 2. The summed E-state index contributed by atoms with van der Waals surface area (Å²) in [5.74, 6) is 1.09. The van der Waals surface area contributed by atoms with Gasteiger partial charge in [-0.25, -0.2) is 0 Å². The van der Waals surface area contributed by atoms with Crippen LogP contribution in [0.1, 0.15) is 22.8 Å². The maximum Gasteiger partial charge on any atom is 0.231 e. The number of benzene rings is 1. The molecule has 0 amide bonds. The van der Waals surface area contributed by atoms with Crippen molar-refractivity contribution in [3.63, 3.8) is 0 Å². The first kappa shape index (κ1) is 12.3. The molecular weight excluding hydrogens is 266 g/mol. The Bertz CT molecular complexity index is 630. The zero-order chi connectivity index (χ0) is 13.4. The smallest absolute Gasteiger partial charge is 0.231 e. The van der Waals surface area contributed by atoms with E-state index in [1.165, 1.54) is 0 Å². The highest BCUT2D eigenvalue weighted by molar-refractivity contribution is 6.32. The van der Waals surface area contributed by atoms with Gasteiger partial charge in [-0.15, -0.1) is 0 Å². The number of rotatable bonds is 2. The Labute approximate surface area is 115 Å². The molecule has 1 atom stereocenters. The monoisotopic (exact) mass is 277 g/mol. The first-order chi connectivity index (χ1) is 9.16. The van der Waals surface area contributed by atoms with Gasteiger partial charge in [-0.1, -0.05) is 11.6 Å². The molecule has 1 N–H and O–H groups in total. The molecule has 2 aromatic rings. The topological polar surface area (TPSA) is 51.6 Å². The molecule has 0 spiro atoms. The van der Waals surface area contributed by atoms with Crippen molar-refractivity contribution in [1.82, 2.24) is 4.98 Å². The maximum absolute atomic E-state index is 10.4. The molecule has 0 saturated heterocycles. The van der Waals surface area contributed by atoms with Gasteiger partial charge in [0.1, 0.15) is 6.10 Å². The largest absolute Gasteiger partial charge is 0.454 e. The van der Waals surface area contributed by atoms with Gasteiger partial charge in [0.15, 0.2) is 11.5 Å². The summed E-state index contributed by atoms with van der Waals surface area (Å²) in [4.78, 5) is 4.04. The van der Waals surface area contributed by atoms with E-state index in [-0.39, 0.29) is 6.79 Å². The summed E-state index contributed by atoms with van der Waals surface area (Å²) >= 11 is 6.11. The molecule has 2 heterocycles. The summed E-state index contributed by atoms with van der Waals surface area (Å²) in [5, 5.41) is 10.9. The lowest BCUT2D eigenvalue weighted by molar-refractivity contribution is 0.173. The van der Waals surface area contributed by atoms with Crippen LogP contribution in [0.15, 0.2) is 30.6 Å². The summed E-state index contributed by atoms with van der Waals surface area (Å²) in [7, 11) is 0. The highest BCUT2D eigenvalue weighted by Gasteiger charge is 2.22. The zero-order valence-corrected chi connectivity index (χ0v) is 11.0. The van der Waals surface area contributed by atoms with Crippen LogP contribution in [-0.4, -0.2) is 16.9 Å². The summed E-state index contributed by atoms with van der Waals surface area (Å²) in [5.41, 5.74) is 2.37. The fourth-order valence-corrected chi connectivity index (χ4v) is 2.36. The summed E-state index contributed by atoms with van der Waals surface area (Å²) < 4.78 is 10.5. The lowest BCUT2D eigenvalue weighted by Gasteiger charge is -2.14. The van der Waals surface area contributed by atoms with Crippen molar-refractivity contribution < 1.29 is 14.6 Å². The Balaban J connectivity index is 2.03. The van der Waals surface area contributed by atoms with E-state index in [4.69, 9.17) is 21.1 Å². The van der Waals surface area contributed by atoms with Crippen molar-refractivity contribution in [3.8, 4) is 11.5 Å². The first-order valence-electron chi connectivity index (χ1n) is 5.84. The van der Waals surface area contributed by atoms with Crippen molar-refractivity contribution in [2.45, 2.75) is 13.0 Å². The molecule has 1 unspecified atom stereocenters. The second-order valence-electron chi connectivity index (χ2n) is 4.37. The predicted octanol–water partition coefficient (Wildman–Crippen LogP) is 2.85. The molecule has 1 aliphatic rings. The summed E-state index contributed by atoms with van der Waals surface area (Å²) in [6.07, 6.45) is 2.55. The maximum atomic E-state index is 10.4. The van der Waals surface area contributed by atoms with Crippen LogP contribution < -0.4 is 9.47 Å². The Kier molecular flexibility index (Phi) is 3.05. The van der Waals surface area contributed by atoms with E-state index in [1.54, 1.807) is 24.5 Å². The van der Waals surface area contributed by atoms with Crippen LogP contribution >= 0.6 is 11.6 Å². The highest BCUT2D eigenvalue weighted by Crippen LogP contribution is 2.42. The molecule has 98 valence electrons. The fourth-order valence-electron chi connectivity index (χ4n) is 2.09. The van der Waals surface area contributed by atoms with Crippen LogP contribution in [0.2, 0.25) is 5.02 Å². The highest BCUT2D eigenvalue weighted by atomic mass is 35.5. The molecule has 0 aliphatic carbocycles. The second kappa shape index (κ2) is 4.72. The van der Waals surface area contributed by atoms with Gasteiger partial charge < -0.3 is 14.6 Å². The predicted molar refractivity (Wildman–Crippen MR) is 70.6 cm³/mol. The molecule has 0 radical (unpaired) electrons. The van der Waals surface area contributed by atoms with Gasteiger partial charge in [0, 0.05) is 18.0 Å². The van der Waals surface area contributed by atoms with E-state index in [0.717, 1.165) is 11.1 Å². The molecule has 0 saturated carbocycles. The lowest BCUT2D eigenvalue weighted by atomic mass is 9.99. The quantitative estimate of drug-likeness (QED) is 0.917. The van der Waals surface area contributed by atoms with Crippen LogP contribution in [0.5, 0.6) is 11.5 Å². The van der Waals surface area contributed by atoms with Crippen LogP contribution in [0.3, 0.4) is 0 Å². The Hall–Kier alpha value is -1.78. The average molecular weight is 278 g/mol. The van der Waals surface area contributed by atoms with E-state index in [0.29, 0.717) is 22.1 Å². The van der Waals surface area contributed by atoms with Gasteiger partial charge in [0.25, 0.3) is 0 Å². The number of fused-ring (bicyclic) bond motifs is 1. The number of aryl methyl sites for hydroxylation is 1. The molecule has 19 heavy (non-hydrogen) atoms. The Morgan fingerprint density at radius 3 is 3.00 bits per heavy atom. The third-order valence-corrected chi connectivity index (χ3v) is 3.42. The molecule has 0 bridgehead atoms. The number of aliphatic hydroxyl groups is 1. The summed E-state index contributed by atoms with van der Waals surface area (Å²) in [6.45, 7) is 2.08. The van der Waals surface area contributed by atoms with Crippen LogP contribution in [0.4, 0.5) is 0 Å². The number of hydrogen-bond acceptors (Lipinski definition) is 4. The second-order valence-corrected chi connectivity index (χ2v) is 4.78. The van der Waals surface area contributed by atoms with Crippen LogP contribution in [0.25, 0.3) is 0 Å². The van der Waals surface area contributed by atoms with Gasteiger partial charge in [-0.05, 0) is 36.2 Å². The third kappa shape index (κ3) is 2.13. The number of aliphatic hydroxyl groups excluding tert-OH is 1. The molecule has 1 aromatic heterocycles. The van der Waals surface area contributed by atoms with Crippen molar-refractivity contribution in [3.05, 3.63) is 52.3 Å². The minimum absolute atomic E-state index is 0.153. The standard InChI is InChI=1S/C14H12ClNO3/c1-8-2-3-16-6-10(8)13(17)9-4-11(15)14-12(5-9)18-7-19-14/h2-6,13,17H,7H2,1H3. The molecule has 3 rings (SSSR count). The van der Waals surface area contributed by atoms with Gasteiger partial charge in [0.05, 0.1) is 5.02 Å². The Morgan fingerprint density at radius 2 is 2.21 bits per heavy atom. The van der Waals surface area contributed by atoms with E-state index in [9.17, 15) is 5.11 Å². The third-order valence-electron chi connectivity index (χ3n) is 3.14. The zero-order valence-electron chi connectivity index (χ0n) is 10.3. The Morgan fingerprint density at radius 1 is 1.37 bits per heavy atom. The number of halogens is 1. The van der Waals surface area contributed by atoms with Gasteiger partial charge >= 0.3 is 0 Å². The van der Waals surface area contributed by atoms with E-state index in [1.807, 2.05) is 13.0 Å². The molecule has 0 fully saturated rings. The van der Waals surface area contributed by atoms with Crippen LogP contribution in [-0.2, 0) is 0 Å². The molecular formula is C14H12ClNO3. The number of aromatic nitrogens is 1. The summed E-state index contributed by atoms with van der Waals surface area (Å²) in [6, 6.07) is 5.28. The van der Waals surface area contributed by atoms with E-state index >= 15 is 0 Å². The number of pyridine rings is 1. The average Bonchev–Trinajstić information content (AvgIpc) is 2.87. The van der Waals surface area contributed by atoms with Crippen molar-refractivity contribution >= 4 is 11.6 Å². The van der Waals surface area contributed by atoms with Gasteiger partial charge in [-0.3, -0.25) is 4.98 Å². The first-order valence-corrected chi connectivity index (χ1v) is 6.22. The SMILES string of the molecule is Cc1ccncc1C(O)c1cc(Cl)c2c(c1)OCO2. The normalized spacial score (nSPS) is 14.5. The van der Waals surface area contributed by atoms with Crippen LogP contribution in [0, 0.1) is 6.92 Å². The van der Waals surface area contributed by atoms with E-state index in [2.05, 4.69) is 4.98 Å². The molecule has 1 aromatic carbocycles. The number of nitrogens with zero attached hydrogens (tertiary/aromatic N) is 1. The minimum Gasteiger partial charge on any atom is -0.454 e. The van der Waals surface area contributed by atoms with Gasteiger partial charge in [-0.2, -0.15) is 0 Å². The molecule has 4 nitrogen and oxygen atoms in total. The number of hydrogen-bond donors (Lipinski definition) is 1. The fraction of sp³-hybridized carbons (Fsp3) is 0.214. The van der Waals surface area contributed by atoms with Crippen molar-refractivity contribution in [2.75, 3.05) is 6.79 Å². The lowest BCUT2D eigenvalue weighted by Crippen LogP contribution is -2.02. The van der Waals surface area contributed by atoms with Gasteiger partial charge in [0.2, 0.25) is 6.79 Å². The molecule has 5 heteroatoms. The van der Waals surface area contributed by atoms with Crippen molar-refractivity contribution in [2.24, 2.45) is 0 Å². The van der Waals surface area contributed by atoms with E-state index < -0.39 is 6.10 Å². The van der Waals surface area contributed by atoms with Crippen molar-refractivity contribution in [1.29, 1.82) is 0 Å². The molecule has 1 aliphatic heterocycles.